The van der Waals surface area contributed by atoms with E-state index in [4.69, 9.17) is 0 Å². The van der Waals surface area contributed by atoms with Crippen LogP contribution in [-0.2, 0) is 19.8 Å². The zero-order valence-corrected chi connectivity index (χ0v) is 12.8. The first kappa shape index (κ1) is 16.0. The summed E-state index contributed by atoms with van der Waals surface area (Å²) in [6.07, 6.45) is 0.0695. The quantitative estimate of drug-likeness (QED) is 0.939. The SMILES string of the molecule is Cn1ncnc1CN[C@@H]1CCC[C@@H]1c1cccc(C(F)(F)F)c1. The van der Waals surface area contributed by atoms with Crippen molar-refractivity contribution < 1.29 is 13.2 Å². The topological polar surface area (TPSA) is 42.7 Å². The zero-order chi connectivity index (χ0) is 16.4. The second kappa shape index (κ2) is 6.31. The highest BCUT2D eigenvalue weighted by Crippen LogP contribution is 2.37. The van der Waals surface area contributed by atoms with E-state index >= 15 is 0 Å². The van der Waals surface area contributed by atoms with E-state index in [9.17, 15) is 13.2 Å². The molecule has 2 aromatic rings. The van der Waals surface area contributed by atoms with Crippen LogP contribution in [0.4, 0.5) is 13.2 Å². The molecule has 23 heavy (non-hydrogen) atoms. The average molecular weight is 324 g/mol. The van der Waals surface area contributed by atoms with Crippen molar-refractivity contribution in [1.29, 1.82) is 0 Å². The number of aryl methyl sites for hydroxylation is 1. The summed E-state index contributed by atoms with van der Waals surface area (Å²) in [5.74, 6) is 0.921. The predicted molar refractivity (Wildman–Crippen MR) is 79.7 cm³/mol. The van der Waals surface area contributed by atoms with Crippen LogP contribution in [0.5, 0.6) is 0 Å². The molecule has 1 aromatic heterocycles. The molecule has 0 aliphatic heterocycles. The van der Waals surface area contributed by atoms with Crippen LogP contribution in [0.3, 0.4) is 0 Å². The van der Waals surface area contributed by atoms with E-state index in [1.165, 1.54) is 18.5 Å². The molecule has 0 radical (unpaired) electrons. The Balaban J connectivity index is 1.73. The van der Waals surface area contributed by atoms with Gasteiger partial charge in [0, 0.05) is 13.1 Å². The molecule has 0 spiro atoms. The summed E-state index contributed by atoms with van der Waals surface area (Å²) in [4.78, 5) is 4.16. The highest BCUT2D eigenvalue weighted by Gasteiger charge is 2.33. The third-order valence-electron chi connectivity index (χ3n) is 4.49. The van der Waals surface area contributed by atoms with Gasteiger partial charge in [0.15, 0.2) is 0 Å². The monoisotopic (exact) mass is 324 g/mol. The van der Waals surface area contributed by atoms with E-state index in [2.05, 4.69) is 15.4 Å². The Hall–Kier alpha value is -1.89. The van der Waals surface area contributed by atoms with Crippen molar-refractivity contribution in [2.24, 2.45) is 7.05 Å². The van der Waals surface area contributed by atoms with Crippen molar-refractivity contribution in [2.45, 2.75) is 43.9 Å². The fraction of sp³-hybridized carbons (Fsp3) is 0.500. The smallest absolute Gasteiger partial charge is 0.306 e. The minimum Gasteiger partial charge on any atom is -0.306 e. The summed E-state index contributed by atoms with van der Waals surface area (Å²) in [7, 11) is 1.82. The van der Waals surface area contributed by atoms with Crippen molar-refractivity contribution in [1.82, 2.24) is 20.1 Å². The maximum atomic E-state index is 12.9. The van der Waals surface area contributed by atoms with Crippen molar-refractivity contribution in [3.8, 4) is 0 Å². The maximum Gasteiger partial charge on any atom is 0.416 e. The van der Waals surface area contributed by atoms with Crippen LogP contribution in [0.1, 0.15) is 42.1 Å². The van der Waals surface area contributed by atoms with Gasteiger partial charge in [0.05, 0.1) is 12.1 Å². The number of hydrogen-bond acceptors (Lipinski definition) is 3. The van der Waals surface area contributed by atoms with Gasteiger partial charge in [0.2, 0.25) is 0 Å². The highest BCUT2D eigenvalue weighted by molar-refractivity contribution is 5.30. The van der Waals surface area contributed by atoms with Gasteiger partial charge < -0.3 is 5.32 Å². The zero-order valence-electron chi connectivity index (χ0n) is 12.8. The Morgan fingerprint density at radius 1 is 1.30 bits per heavy atom. The molecule has 1 saturated carbocycles. The predicted octanol–water partition coefficient (Wildman–Crippen LogP) is 3.26. The van der Waals surface area contributed by atoms with Gasteiger partial charge in [0.25, 0.3) is 0 Å². The second-order valence-electron chi connectivity index (χ2n) is 5.95. The minimum atomic E-state index is -4.30. The van der Waals surface area contributed by atoms with Gasteiger partial charge in [-0.2, -0.15) is 18.3 Å². The third-order valence-corrected chi connectivity index (χ3v) is 4.49. The number of alkyl halides is 3. The van der Waals surface area contributed by atoms with Crippen LogP contribution in [0.25, 0.3) is 0 Å². The lowest BCUT2D eigenvalue weighted by molar-refractivity contribution is -0.137. The fourth-order valence-corrected chi connectivity index (χ4v) is 3.25. The van der Waals surface area contributed by atoms with Crippen LogP contribution in [0.15, 0.2) is 30.6 Å². The first-order chi connectivity index (χ1) is 10.9. The molecule has 0 amide bonds. The van der Waals surface area contributed by atoms with Crippen molar-refractivity contribution in [2.75, 3.05) is 0 Å². The van der Waals surface area contributed by atoms with Crippen molar-refractivity contribution in [3.63, 3.8) is 0 Å². The van der Waals surface area contributed by atoms with E-state index in [0.717, 1.165) is 36.7 Å². The molecule has 1 fully saturated rings. The molecule has 7 heteroatoms. The highest BCUT2D eigenvalue weighted by atomic mass is 19.4. The Kier molecular flexibility index (Phi) is 4.39. The molecular formula is C16H19F3N4. The average Bonchev–Trinajstić information content (AvgIpc) is 3.13. The molecule has 1 N–H and O–H groups in total. The number of rotatable bonds is 4. The number of nitrogens with zero attached hydrogens (tertiary/aromatic N) is 3. The normalized spacial score (nSPS) is 21.7. The Bertz CT molecular complexity index is 665. The van der Waals surface area contributed by atoms with Crippen molar-refractivity contribution >= 4 is 0 Å². The first-order valence-corrected chi connectivity index (χ1v) is 7.68. The summed E-state index contributed by atoms with van der Waals surface area (Å²) in [5.41, 5.74) is 0.182. The molecule has 0 saturated heterocycles. The molecule has 1 aliphatic rings. The standard InChI is InChI=1S/C16H19F3N4/c1-23-15(21-10-22-23)9-20-14-7-3-6-13(14)11-4-2-5-12(8-11)16(17,18)19/h2,4-5,8,10,13-14,20H,3,6-7,9H2,1H3/t13-,14-/m1/s1. The van der Waals surface area contributed by atoms with Crippen LogP contribution >= 0.6 is 0 Å². The first-order valence-electron chi connectivity index (χ1n) is 7.68. The second-order valence-corrected chi connectivity index (χ2v) is 5.95. The van der Waals surface area contributed by atoms with E-state index in [0.29, 0.717) is 6.54 Å². The van der Waals surface area contributed by atoms with E-state index in [1.807, 2.05) is 7.05 Å². The molecule has 124 valence electrons. The molecule has 1 aliphatic carbocycles. The lowest BCUT2D eigenvalue weighted by Crippen LogP contribution is -2.31. The number of nitrogens with one attached hydrogen (secondary N) is 1. The molecule has 1 heterocycles. The van der Waals surface area contributed by atoms with Gasteiger partial charge >= 0.3 is 6.18 Å². The number of halogens is 3. The summed E-state index contributed by atoms with van der Waals surface area (Å²) >= 11 is 0. The van der Waals surface area contributed by atoms with Gasteiger partial charge in [-0.05, 0) is 30.4 Å². The summed E-state index contributed by atoms with van der Waals surface area (Å²) < 4.78 is 40.4. The molecule has 3 rings (SSSR count). The Labute approximate surface area is 132 Å². The van der Waals surface area contributed by atoms with Gasteiger partial charge in [0.1, 0.15) is 12.2 Å². The maximum absolute atomic E-state index is 12.9. The molecule has 4 nitrogen and oxygen atoms in total. The lowest BCUT2D eigenvalue weighted by Gasteiger charge is -2.22. The van der Waals surface area contributed by atoms with E-state index in [-0.39, 0.29) is 12.0 Å². The molecular weight excluding hydrogens is 305 g/mol. The van der Waals surface area contributed by atoms with E-state index in [1.54, 1.807) is 10.7 Å². The molecule has 0 unspecified atom stereocenters. The van der Waals surface area contributed by atoms with Gasteiger partial charge in [-0.3, -0.25) is 4.68 Å². The van der Waals surface area contributed by atoms with Gasteiger partial charge in [-0.15, -0.1) is 0 Å². The summed E-state index contributed by atoms with van der Waals surface area (Å²) in [6.45, 7) is 0.566. The minimum absolute atomic E-state index is 0.102. The summed E-state index contributed by atoms with van der Waals surface area (Å²) in [5, 5.41) is 7.45. The number of benzene rings is 1. The Morgan fingerprint density at radius 2 is 2.13 bits per heavy atom. The molecule has 0 bridgehead atoms. The van der Waals surface area contributed by atoms with Crippen molar-refractivity contribution in [3.05, 3.63) is 47.5 Å². The lowest BCUT2D eigenvalue weighted by atomic mass is 9.92. The molecule has 2 atom stereocenters. The van der Waals surface area contributed by atoms with Gasteiger partial charge in [-0.1, -0.05) is 24.6 Å². The molecule has 1 aromatic carbocycles. The number of aromatic nitrogens is 3. The van der Waals surface area contributed by atoms with Crippen LogP contribution in [-0.4, -0.2) is 20.8 Å². The number of hydrogen-bond donors (Lipinski definition) is 1. The largest absolute Gasteiger partial charge is 0.416 e. The van der Waals surface area contributed by atoms with Gasteiger partial charge in [-0.25, -0.2) is 4.98 Å². The van der Waals surface area contributed by atoms with Crippen LogP contribution < -0.4 is 5.32 Å². The van der Waals surface area contributed by atoms with Crippen LogP contribution in [0, 0.1) is 0 Å². The van der Waals surface area contributed by atoms with E-state index < -0.39 is 11.7 Å². The third kappa shape index (κ3) is 3.55. The Morgan fingerprint density at radius 3 is 2.83 bits per heavy atom. The van der Waals surface area contributed by atoms with Crippen LogP contribution in [0.2, 0.25) is 0 Å². The summed E-state index contributed by atoms with van der Waals surface area (Å²) in [6, 6.07) is 5.86. The fourth-order valence-electron chi connectivity index (χ4n) is 3.25.